The van der Waals surface area contributed by atoms with Crippen LogP contribution in [0.15, 0.2) is 11.0 Å². The van der Waals surface area contributed by atoms with Crippen molar-refractivity contribution in [2.75, 3.05) is 0 Å². The highest BCUT2D eigenvalue weighted by Crippen LogP contribution is 2.29. The zero-order valence-electron chi connectivity index (χ0n) is 10.6. The number of halogens is 1. The molecule has 19 heavy (non-hydrogen) atoms. The minimum atomic E-state index is -0.250. The molecule has 102 valence electrons. The van der Waals surface area contributed by atoms with Crippen molar-refractivity contribution in [3.63, 3.8) is 0 Å². The summed E-state index contributed by atoms with van der Waals surface area (Å²) in [6.45, 7) is 0. The Morgan fingerprint density at radius 1 is 1.37 bits per heavy atom. The van der Waals surface area contributed by atoms with Crippen molar-refractivity contribution in [2.45, 2.75) is 37.8 Å². The van der Waals surface area contributed by atoms with E-state index >= 15 is 0 Å². The van der Waals surface area contributed by atoms with E-state index in [4.69, 9.17) is 11.6 Å². The van der Waals surface area contributed by atoms with Crippen molar-refractivity contribution >= 4 is 22.8 Å². The van der Waals surface area contributed by atoms with Crippen LogP contribution in [0, 0.1) is 0 Å². The van der Waals surface area contributed by atoms with E-state index in [0.29, 0.717) is 24.0 Å². The number of fused-ring (bicyclic) bond motifs is 1. The summed E-state index contributed by atoms with van der Waals surface area (Å²) in [5, 5.41) is 9.71. The van der Waals surface area contributed by atoms with Crippen LogP contribution in [-0.2, 0) is 7.05 Å². The summed E-state index contributed by atoms with van der Waals surface area (Å²) in [5.41, 5.74) is 1.15. The highest BCUT2D eigenvalue weighted by molar-refractivity contribution is 6.28. The second-order valence-electron chi connectivity index (χ2n) is 5.02. The van der Waals surface area contributed by atoms with Gasteiger partial charge < -0.3 is 5.11 Å². The van der Waals surface area contributed by atoms with Gasteiger partial charge in [-0.05, 0) is 37.3 Å². The standard InChI is InChI=1S/C12H15ClN4O2/c1-16-9-6-14-11(13)15-10(9)17(12(16)19)7-2-4-8(18)5-3-7/h6-8,18H,2-5H2,1H3. The molecule has 0 aliphatic heterocycles. The molecule has 1 aliphatic rings. The molecule has 0 saturated heterocycles. The van der Waals surface area contributed by atoms with Crippen LogP contribution in [-0.4, -0.2) is 30.3 Å². The van der Waals surface area contributed by atoms with E-state index in [1.807, 2.05) is 0 Å². The number of imidazole rings is 1. The second-order valence-corrected chi connectivity index (χ2v) is 5.36. The van der Waals surface area contributed by atoms with Crippen LogP contribution >= 0.6 is 11.6 Å². The number of rotatable bonds is 1. The first-order valence-electron chi connectivity index (χ1n) is 6.35. The highest BCUT2D eigenvalue weighted by Gasteiger charge is 2.25. The average molecular weight is 283 g/mol. The maximum atomic E-state index is 12.3. The first-order chi connectivity index (χ1) is 9.08. The predicted octanol–water partition coefficient (Wildman–Crippen LogP) is 1.26. The van der Waals surface area contributed by atoms with Gasteiger partial charge in [0.15, 0.2) is 5.65 Å². The molecule has 2 aromatic rings. The highest BCUT2D eigenvalue weighted by atomic mass is 35.5. The average Bonchev–Trinajstić information content (AvgIpc) is 2.63. The maximum Gasteiger partial charge on any atom is 0.330 e. The van der Waals surface area contributed by atoms with Gasteiger partial charge in [-0.1, -0.05) is 0 Å². The minimum absolute atomic E-state index is 0.0746. The molecule has 0 atom stereocenters. The van der Waals surface area contributed by atoms with Crippen LogP contribution in [0.1, 0.15) is 31.7 Å². The maximum absolute atomic E-state index is 12.3. The van der Waals surface area contributed by atoms with Gasteiger partial charge in [-0.25, -0.2) is 9.78 Å². The van der Waals surface area contributed by atoms with Crippen molar-refractivity contribution in [1.82, 2.24) is 19.1 Å². The summed E-state index contributed by atoms with van der Waals surface area (Å²) in [4.78, 5) is 20.4. The van der Waals surface area contributed by atoms with Crippen LogP contribution in [0.3, 0.4) is 0 Å². The van der Waals surface area contributed by atoms with E-state index in [1.54, 1.807) is 17.8 Å². The van der Waals surface area contributed by atoms with E-state index in [0.717, 1.165) is 12.8 Å². The van der Waals surface area contributed by atoms with E-state index in [2.05, 4.69) is 9.97 Å². The molecule has 3 rings (SSSR count). The van der Waals surface area contributed by atoms with Gasteiger partial charge in [-0.3, -0.25) is 9.13 Å². The quantitative estimate of drug-likeness (QED) is 0.799. The van der Waals surface area contributed by atoms with Crippen LogP contribution < -0.4 is 5.69 Å². The Balaban J connectivity index is 2.15. The first kappa shape index (κ1) is 12.6. The summed E-state index contributed by atoms with van der Waals surface area (Å²) >= 11 is 5.83. The molecule has 0 amide bonds. The minimum Gasteiger partial charge on any atom is -0.393 e. The first-order valence-corrected chi connectivity index (χ1v) is 6.73. The third-order valence-electron chi connectivity index (χ3n) is 3.83. The molecule has 2 heterocycles. The second kappa shape index (κ2) is 4.61. The number of aryl methyl sites for hydroxylation is 1. The predicted molar refractivity (Wildman–Crippen MR) is 71.3 cm³/mol. The smallest absolute Gasteiger partial charge is 0.330 e. The fraction of sp³-hybridized carbons (Fsp3) is 0.583. The Labute approximate surface area is 114 Å². The molecular weight excluding hydrogens is 268 g/mol. The number of hydrogen-bond donors (Lipinski definition) is 1. The third-order valence-corrected chi connectivity index (χ3v) is 4.02. The molecule has 0 spiro atoms. The van der Waals surface area contributed by atoms with E-state index < -0.39 is 0 Å². The van der Waals surface area contributed by atoms with Gasteiger partial charge in [0.1, 0.15) is 5.52 Å². The fourth-order valence-corrected chi connectivity index (χ4v) is 2.89. The van der Waals surface area contributed by atoms with Crippen LogP contribution in [0.4, 0.5) is 0 Å². The number of nitrogens with zero attached hydrogens (tertiary/aromatic N) is 4. The molecule has 1 saturated carbocycles. The summed E-state index contributed by atoms with van der Waals surface area (Å²) in [6.07, 6.45) is 4.31. The molecule has 0 unspecified atom stereocenters. The van der Waals surface area contributed by atoms with Crippen molar-refractivity contribution in [3.8, 4) is 0 Å². The van der Waals surface area contributed by atoms with E-state index in [-0.39, 0.29) is 23.1 Å². The lowest BCUT2D eigenvalue weighted by molar-refractivity contribution is 0.110. The summed E-state index contributed by atoms with van der Waals surface area (Å²) in [6, 6.07) is 0.0746. The molecule has 0 radical (unpaired) electrons. The molecule has 1 aliphatic carbocycles. The summed E-state index contributed by atoms with van der Waals surface area (Å²) in [5.74, 6) is 0. The van der Waals surface area contributed by atoms with Crippen molar-refractivity contribution in [1.29, 1.82) is 0 Å². The molecular formula is C12H15ClN4O2. The Hall–Kier alpha value is -1.40. The molecule has 1 fully saturated rings. The van der Waals surface area contributed by atoms with E-state index in [9.17, 15) is 9.90 Å². The van der Waals surface area contributed by atoms with Gasteiger partial charge in [-0.15, -0.1) is 0 Å². The molecule has 1 N–H and O–H groups in total. The van der Waals surface area contributed by atoms with E-state index in [1.165, 1.54) is 4.57 Å². The molecule has 0 aromatic carbocycles. The topological polar surface area (TPSA) is 72.9 Å². The van der Waals surface area contributed by atoms with Crippen LogP contribution in [0.2, 0.25) is 5.28 Å². The molecule has 2 aromatic heterocycles. The summed E-state index contributed by atoms with van der Waals surface area (Å²) in [7, 11) is 1.70. The lowest BCUT2D eigenvalue weighted by Gasteiger charge is -2.25. The Morgan fingerprint density at radius 2 is 2.05 bits per heavy atom. The fourth-order valence-electron chi connectivity index (χ4n) is 2.76. The van der Waals surface area contributed by atoms with Crippen molar-refractivity contribution in [2.24, 2.45) is 7.05 Å². The monoisotopic (exact) mass is 282 g/mol. The molecule has 0 bridgehead atoms. The van der Waals surface area contributed by atoms with Gasteiger partial charge in [0.05, 0.1) is 12.3 Å². The SMILES string of the molecule is Cn1c(=O)n(C2CCC(O)CC2)c2nc(Cl)ncc21. The summed E-state index contributed by atoms with van der Waals surface area (Å²) < 4.78 is 3.23. The number of aromatic nitrogens is 4. The Kier molecular flexibility index (Phi) is 3.06. The molecule has 6 nitrogen and oxygen atoms in total. The van der Waals surface area contributed by atoms with Gasteiger partial charge >= 0.3 is 5.69 Å². The largest absolute Gasteiger partial charge is 0.393 e. The number of aliphatic hydroxyl groups excluding tert-OH is 1. The third kappa shape index (κ3) is 2.04. The number of aliphatic hydroxyl groups is 1. The van der Waals surface area contributed by atoms with Crippen LogP contribution in [0.25, 0.3) is 11.2 Å². The zero-order valence-corrected chi connectivity index (χ0v) is 11.3. The zero-order chi connectivity index (χ0) is 13.6. The van der Waals surface area contributed by atoms with Crippen molar-refractivity contribution in [3.05, 3.63) is 22.0 Å². The lowest BCUT2D eigenvalue weighted by atomic mass is 9.93. The Bertz CT molecular complexity index is 670. The van der Waals surface area contributed by atoms with Crippen LogP contribution in [0.5, 0.6) is 0 Å². The van der Waals surface area contributed by atoms with Crippen molar-refractivity contribution < 1.29 is 5.11 Å². The van der Waals surface area contributed by atoms with Gasteiger partial charge in [0.2, 0.25) is 5.28 Å². The van der Waals surface area contributed by atoms with Gasteiger partial charge in [0, 0.05) is 13.1 Å². The number of hydrogen-bond acceptors (Lipinski definition) is 4. The molecule has 7 heteroatoms. The normalized spacial score (nSPS) is 23.9. The van der Waals surface area contributed by atoms with Gasteiger partial charge in [-0.2, -0.15) is 4.98 Å². The Morgan fingerprint density at radius 3 is 2.74 bits per heavy atom. The lowest BCUT2D eigenvalue weighted by Crippen LogP contribution is -2.30. The van der Waals surface area contributed by atoms with Gasteiger partial charge in [0.25, 0.3) is 0 Å².